The van der Waals surface area contributed by atoms with Gasteiger partial charge in [-0.15, -0.1) is 0 Å². The zero-order valence-corrected chi connectivity index (χ0v) is 11.5. The van der Waals surface area contributed by atoms with Crippen LogP contribution in [0.2, 0.25) is 0 Å². The van der Waals surface area contributed by atoms with Crippen LogP contribution in [-0.2, 0) is 9.53 Å². The summed E-state index contributed by atoms with van der Waals surface area (Å²) >= 11 is 0. The summed E-state index contributed by atoms with van der Waals surface area (Å²) < 4.78 is 5.56. The van der Waals surface area contributed by atoms with E-state index in [1.807, 2.05) is 18.2 Å². The molecule has 1 saturated carbocycles. The minimum absolute atomic E-state index is 0.123. The summed E-state index contributed by atoms with van der Waals surface area (Å²) in [7, 11) is 0. The van der Waals surface area contributed by atoms with Gasteiger partial charge in [0.25, 0.3) is 0 Å². The van der Waals surface area contributed by atoms with Crippen LogP contribution >= 0.6 is 0 Å². The number of hydrogen-bond acceptors (Lipinski definition) is 3. The van der Waals surface area contributed by atoms with E-state index in [9.17, 15) is 9.59 Å². The van der Waals surface area contributed by atoms with E-state index in [-0.39, 0.29) is 23.8 Å². The highest BCUT2D eigenvalue weighted by Gasteiger charge is 2.34. The number of ether oxygens (including phenoxy) is 1. The van der Waals surface area contributed by atoms with Crippen LogP contribution in [0, 0.1) is 11.8 Å². The molecule has 102 valence electrons. The second-order valence-electron chi connectivity index (χ2n) is 5.45. The van der Waals surface area contributed by atoms with Crippen LogP contribution in [0.5, 0.6) is 0 Å². The van der Waals surface area contributed by atoms with E-state index in [0.29, 0.717) is 11.5 Å². The van der Waals surface area contributed by atoms with Crippen molar-refractivity contribution >= 4 is 11.8 Å². The molecule has 1 aliphatic carbocycles. The van der Waals surface area contributed by atoms with Crippen LogP contribution in [-0.4, -0.2) is 17.9 Å². The minimum atomic E-state index is -0.328. The summed E-state index contributed by atoms with van der Waals surface area (Å²) in [5.41, 5.74) is 0.544. The van der Waals surface area contributed by atoms with Gasteiger partial charge >= 0.3 is 5.97 Å². The first-order valence-corrected chi connectivity index (χ1v) is 6.84. The van der Waals surface area contributed by atoms with Gasteiger partial charge in [0.15, 0.2) is 0 Å². The maximum Gasteiger partial charge on any atom is 0.338 e. The summed E-state index contributed by atoms with van der Waals surface area (Å²) in [6.45, 7) is 3.73. The topological polar surface area (TPSA) is 43.4 Å². The van der Waals surface area contributed by atoms with Gasteiger partial charge in [0.05, 0.1) is 11.5 Å². The molecule has 1 aliphatic rings. The second kappa shape index (κ2) is 6.00. The Labute approximate surface area is 114 Å². The third-order valence-electron chi connectivity index (χ3n) is 3.84. The van der Waals surface area contributed by atoms with Crippen molar-refractivity contribution in [3.05, 3.63) is 35.9 Å². The van der Waals surface area contributed by atoms with Crippen LogP contribution in [0.25, 0.3) is 0 Å². The van der Waals surface area contributed by atoms with E-state index < -0.39 is 0 Å². The zero-order chi connectivity index (χ0) is 13.8. The predicted octanol–water partition coefficient (Wildman–Crippen LogP) is 3.24. The monoisotopic (exact) mass is 260 g/mol. The van der Waals surface area contributed by atoms with Crippen molar-refractivity contribution in [3.63, 3.8) is 0 Å². The zero-order valence-electron chi connectivity index (χ0n) is 11.5. The average Bonchev–Trinajstić information content (AvgIpc) is 2.39. The Morgan fingerprint density at radius 1 is 1.16 bits per heavy atom. The maximum atomic E-state index is 12.1. The summed E-state index contributed by atoms with van der Waals surface area (Å²) in [6, 6.07) is 8.94. The Hall–Kier alpha value is -1.64. The molecule has 1 aromatic rings. The molecule has 0 spiro atoms. The summed E-state index contributed by atoms with van der Waals surface area (Å²) in [4.78, 5) is 23.7. The van der Waals surface area contributed by atoms with Crippen LogP contribution in [0.3, 0.4) is 0 Å². The molecular weight excluding hydrogens is 240 g/mol. The molecule has 3 atom stereocenters. The second-order valence-corrected chi connectivity index (χ2v) is 5.45. The van der Waals surface area contributed by atoms with Gasteiger partial charge in [-0.05, 0) is 44.2 Å². The van der Waals surface area contributed by atoms with Gasteiger partial charge in [-0.3, -0.25) is 4.79 Å². The van der Waals surface area contributed by atoms with Gasteiger partial charge in [-0.1, -0.05) is 25.1 Å². The molecule has 0 radical (unpaired) electrons. The highest BCUT2D eigenvalue weighted by molar-refractivity contribution is 5.89. The van der Waals surface area contributed by atoms with E-state index in [2.05, 4.69) is 6.92 Å². The van der Waals surface area contributed by atoms with Crippen molar-refractivity contribution in [2.24, 2.45) is 11.8 Å². The summed E-state index contributed by atoms with van der Waals surface area (Å²) in [5, 5.41) is 0. The summed E-state index contributed by atoms with van der Waals surface area (Å²) in [6.07, 6.45) is 2.37. The van der Waals surface area contributed by atoms with Crippen molar-refractivity contribution in [3.8, 4) is 0 Å². The normalized spacial score (nSPS) is 26.7. The Morgan fingerprint density at radius 3 is 2.47 bits per heavy atom. The van der Waals surface area contributed by atoms with Gasteiger partial charge in [0.1, 0.15) is 11.9 Å². The number of carbonyl (C=O) groups is 2. The summed E-state index contributed by atoms with van der Waals surface area (Å²) in [5.74, 6) is 0.164. The average molecular weight is 260 g/mol. The molecule has 1 aromatic carbocycles. The molecule has 0 bridgehead atoms. The number of benzene rings is 1. The lowest BCUT2D eigenvalue weighted by Gasteiger charge is -2.32. The number of ketones is 1. The lowest BCUT2D eigenvalue weighted by atomic mass is 9.79. The van der Waals surface area contributed by atoms with Gasteiger partial charge in [-0.25, -0.2) is 4.79 Å². The quantitative estimate of drug-likeness (QED) is 0.784. The fourth-order valence-electron chi connectivity index (χ4n) is 2.70. The third-order valence-corrected chi connectivity index (χ3v) is 3.84. The molecule has 0 aliphatic heterocycles. The number of carbonyl (C=O) groups excluding carboxylic acids is 2. The number of hydrogen-bond donors (Lipinski definition) is 0. The third kappa shape index (κ3) is 3.43. The van der Waals surface area contributed by atoms with Crippen LogP contribution < -0.4 is 0 Å². The standard InChI is InChI=1S/C16H20O3/c1-11-8-9-14(12(2)17)15(10-11)19-16(18)13-6-4-3-5-7-13/h3-7,11,14-15H,8-10H2,1-2H3/t11-,14+,15-/m1/s1. The molecule has 0 heterocycles. The molecule has 0 unspecified atom stereocenters. The predicted molar refractivity (Wildman–Crippen MR) is 72.8 cm³/mol. The van der Waals surface area contributed by atoms with Crippen molar-refractivity contribution in [2.45, 2.75) is 39.2 Å². The van der Waals surface area contributed by atoms with Crippen LogP contribution in [0.15, 0.2) is 30.3 Å². The maximum absolute atomic E-state index is 12.1. The smallest absolute Gasteiger partial charge is 0.338 e. The van der Waals surface area contributed by atoms with Crippen LogP contribution in [0.4, 0.5) is 0 Å². The Bertz CT molecular complexity index is 452. The van der Waals surface area contributed by atoms with E-state index in [4.69, 9.17) is 4.74 Å². The van der Waals surface area contributed by atoms with E-state index in [1.54, 1.807) is 19.1 Å². The molecule has 0 N–H and O–H groups in total. The lowest BCUT2D eigenvalue weighted by molar-refractivity contribution is -0.126. The minimum Gasteiger partial charge on any atom is -0.458 e. The fraction of sp³-hybridized carbons (Fsp3) is 0.500. The molecular formula is C16H20O3. The molecule has 0 amide bonds. The first kappa shape index (κ1) is 13.8. The van der Waals surface area contributed by atoms with E-state index >= 15 is 0 Å². The highest BCUT2D eigenvalue weighted by Crippen LogP contribution is 2.32. The fourth-order valence-corrected chi connectivity index (χ4v) is 2.70. The van der Waals surface area contributed by atoms with E-state index in [1.165, 1.54) is 0 Å². The number of rotatable bonds is 3. The molecule has 0 aromatic heterocycles. The largest absolute Gasteiger partial charge is 0.458 e. The number of Topliss-reactive ketones (excluding diaryl/α,β-unsaturated/α-hetero) is 1. The molecule has 1 fully saturated rings. The van der Waals surface area contributed by atoms with Crippen molar-refractivity contribution in [2.75, 3.05) is 0 Å². The van der Waals surface area contributed by atoms with Gasteiger partial charge in [0, 0.05) is 0 Å². The first-order chi connectivity index (χ1) is 9.08. The molecule has 19 heavy (non-hydrogen) atoms. The van der Waals surface area contributed by atoms with Crippen molar-refractivity contribution in [1.82, 2.24) is 0 Å². The molecule has 3 nitrogen and oxygen atoms in total. The lowest BCUT2D eigenvalue weighted by Crippen LogP contribution is -2.36. The van der Waals surface area contributed by atoms with Gasteiger partial charge in [-0.2, -0.15) is 0 Å². The van der Waals surface area contributed by atoms with Crippen LogP contribution in [0.1, 0.15) is 43.5 Å². The molecule has 3 heteroatoms. The molecule has 2 rings (SSSR count). The first-order valence-electron chi connectivity index (χ1n) is 6.84. The van der Waals surface area contributed by atoms with Crippen molar-refractivity contribution < 1.29 is 14.3 Å². The Kier molecular flexibility index (Phi) is 4.35. The Morgan fingerprint density at radius 2 is 1.84 bits per heavy atom. The highest BCUT2D eigenvalue weighted by atomic mass is 16.5. The number of esters is 1. The van der Waals surface area contributed by atoms with Gasteiger partial charge in [0.2, 0.25) is 0 Å². The molecule has 0 saturated heterocycles. The SMILES string of the molecule is CC(=O)[C@@H]1CC[C@@H](C)C[C@H]1OC(=O)c1ccccc1. The van der Waals surface area contributed by atoms with Crippen molar-refractivity contribution in [1.29, 1.82) is 0 Å². The Balaban J connectivity index is 2.07. The van der Waals surface area contributed by atoms with E-state index in [0.717, 1.165) is 19.3 Å². The van der Waals surface area contributed by atoms with Gasteiger partial charge < -0.3 is 4.74 Å².